The number of hydrogen-bond acceptors (Lipinski definition) is 6. The van der Waals surface area contributed by atoms with Gasteiger partial charge in [0, 0.05) is 5.69 Å². The average molecular weight is 455 g/mol. The predicted octanol–water partition coefficient (Wildman–Crippen LogP) is 3.24. The summed E-state index contributed by atoms with van der Waals surface area (Å²) in [5, 5.41) is 2.86. The number of methoxy groups -OCH3 is 1. The maximum absolute atomic E-state index is 12.6. The fourth-order valence-corrected chi connectivity index (χ4v) is 3.73. The number of ether oxygens (including phenoxy) is 2. The van der Waals surface area contributed by atoms with Gasteiger partial charge in [-0.15, -0.1) is 0 Å². The first-order valence-electron chi connectivity index (χ1n) is 8.95. The minimum atomic E-state index is -3.78. The van der Waals surface area contributed by atoms with E-state index in [1.54, 1.807) is 26.0 Å². The van der Waals surface area contributed by atoms with Gasteiger partial charge in [0.05, 0.1) is 36.2 Å². The van der Waals surface area contributed by atoms with Crippen molar-refractivity contribution in [3.63, 3.8) is 0 Å². The molecule has 0 saturated heterocycles. The minimum Gasteiger partial charge on any atom is -0.495 e. The van der Waals surface area contributed by atoms with Gasteiger partial charge >= 0.3 is 5.97 Å². The standard InChI is InChI=1S/C20H23ClN2O6S/c1-5-29-20(25)14-7-6-13(2)17(10-14)22-19(24)12-23(30(4,26)27)15-8-9-18(28-3)16(21)11-15/h6-11H,5,12H2,1-4H3,(H,22,24). The molecule has 1 amide bonds. The maximum Gasteiger partial charge on any atom is 0.338 e. The van der Waals surface area contributed by atoms with Crippen LogP contribution in [0.5, 0.6) is 5.75 Å². The SMILES string of the molecule is CCOC(=O)c1ccc(C)c(NC(=O)CN(c2ccc(OC)c(Cl)c2)S(C)(=O)=O)c1. The first-order valence-corrected chi connectivity index (χ1v) is 11.2. The lowest BCUT2D eigenvalue weighted by atomic mass is 10.1. The Morgan fingerprint density at radius 2 is 1.87 bits per heavy atom. The van der Waals surface area contributed by atoms with Crippen LogP contribution < -0.4 is 14.4 Å². The normalized spacial score (nSPS) is 11.0. The molecule has 0 saturated carbocycles. The van der Waals surface area contributed by atoms with Gasteiger partial charge in [-0.25, -0.2) is 13.2 Å². The van der Waals surface area contributed by atoms with Crippen LogP contribution in [0.4, 0.5) is 11.4 Å². The molecule has 0 heterocycles. The average Bonchev–Trinajstić information content (AvgIpc) is 2.67. The molecule has 2 aromatic carbocycles. The summed E-state index contributed by atoms with van der Waals surface area (Å²) in [6.45, 7) is 3.19. The van der Waals surface area contributed by atoms with Crippen molar-refractivity contribution in [1.82, 2.24) is 0 Å². The number of esters is 1. The van der Waals surface area contributed by atoms with Gasteiger partial charge in [0.25, 0.3) is 0 Å². The highest BCUT2D eigenvalue weighted by molar-refractivity contribution is 7.92. The molecule has 0 bridgehead atoms. The highest BCUT2D eigenvalue weighted by atomic mass is 35.5. The number of anilines is 2. The number of sulfonamides is 1. The van der Waals surface area contributed by atoms with Crippen LogP contribution in [-0.4, -0.2) is 46.8 Å². The molecule has 0 aliphatic heterocycles. The lowest BCUT2D eigenvalue weighted by Crippen LogP contribution is -2.37. The maximum atomic E-state index is 12.6. The molecule has 2 aromatic rings. The van der Waals surface area contributed by atoms with E-state index in [0.29, 0.717) is 17.0 Å². The number of benzene rings is 2. The fourth-order valence-electron chi connectivity index (χ4n) is 2.63. The number of nitrogens with zero attached hydrogens (tertiary/aromatic N) is 1. The molecule has 1 N–H and O–H groups in total. The monoisotopic (exact) mass is 454 g/mol. The lowest BCUT2D eigenvalue weighted by molar-refractivity contribution is -0.114. The quantitative estimate of drug-likeness (QED) is 0.614. The van der Waals surface area contributed by atoms with Gasteiger partial charge in [-0.2, -0.15) is 0 Å². The summed E-state index contributed by atoms with van der Waals surface area (Å²) in [7, 11) is -2.34. The number of nitrogens with one attached hydrogen (secondary N) is 1. The van der Waals surface area contributed by atoms with Crippen molar-refractivity contribution in [3.05, 3.63) is 52.5 Å². The first-order chi connectivity index (χ1) is 14.1. The van der Waals surface area contributed by atoms with Crippen LogP contribution in [0.1, 0.15) is 22.8 Å². The summed E-state index contributed by atoms with van der Waals surface area (Å²) in [5.74, 6) is -0.722. The van der Waals surface area contributed by atoms with Crippen molar-refractivity contribution >= 4 is 44.9 Å². The third kappa shape index (κ3) is 5.87. The van der Waals surface area contributed by atoms with Crippen molar-refractivity contribution in [3.8, 4) is 5.75 Å². The van der Waals surface area contributed by atoms with E-state index in [2.05, 4.69) is 5.32 Å². The second-order valence-electron chi connectivity index (χ2n) is 6.39. The molecule has 162 valence electrons. The Kier molecular flexibility index (Phi) is 7.69. The number of halogens is 1. The van der Waals surface area contributed by atoms with Gasteiger partial charge in [0.1, 0.15) is 12.3 Å². The zero-order valence-electron chi connectivity index (χ0n) is 17.1. The number of carbonyl (C=O) groups is 2. The van der Waals surface area contributed by atoms with Crippen LogP contribution in [0, 0.1) is 6.92 Å². The van der Waals surface area contributed by atoms with Crippen LogP contribution in [-0.2, 0) is 19.6 Å². The molecule has 30 heavy (non-hydrogen) atoms. The van der Waals surface area contributed by atoms with E-state index in [4.69, 9.17) is 21.1 Å². The van der Waals surface area contributed by atoms with Gasteiger partial charge in [-0.05, 0) is 49.7 Å². The van der Waals surface area contributed by atoms with E-state index >= 15 is 0 Å². The predicted molar refractivity (Wildman–Crippen MR) is 116 cm³/mol. The van der Waals surface area contributed by atoms with E-state index < -0.39 is 28.4 Å². The zero-order chi connectivity index (χ0) is 22.5. The third-order valence-electron chi connectivity index (χ3n) is 4.13. The van der Waals surface area contributed by atoms with E-state index in [1.807, 2.05) is 0 Å². The highest BCUT2D eigenvalue weighted by Crippen LogP contribution is 2.30. The van der Waals surface area contributed by atoms with E-state index in [1.165, 1.54) is 31.4 Å². The van der Waals surface area contributed by atoms with Crippen LogP contribution in [0.2, 0.25) is 5.02 Å². The highest BCUT2D eigenvalue weighted by Gasteiger charge is 2.22. The molecule has 0 radical (unpaired) electrons. The Labute approximate surface area is 180 Å². The fraction of sp³-hybridized carbons (Fsp3) is 0.300. The molecule has 0 aliphatic carbocycles. The van der Waals surface area contributed by atoms with Crippen LogP contribution in [0.15, 0.2) is 36.4 Å². The van der Waals surface area contributed by atoms with E-state index in [-0.39, 0.29) is 22.9 Å². The second kappa shape index (κ2) is 9.82. The van der Waals surface area contributed by atoms with Crippen molar-refractivity contribution in [2.45, 2.75) is 13.8 Å². The summed E-state index contributed by atoms with van der Waals surface area (Å²) in [4.78, 5) is 24.5. The van der Waals surface area contributed by atoms with Crippen molar-refractivity contribution < 1.29 is 27.5 Å². The molecular weight excluding hydrogens is 432 g/mol. The zero-order valence-corrected chi connectivity index (χ0v) is 18.6. The smallest absolute Gasteiger partial charge is 0.338 e. The Morgan fingerprint density at radius 1 is 1.17 bits per heavy atom. The van der Waals surface area contributed by atoms with Crippen molar-refractivity contribution in [1.29, 1.82) is 0 Å². The number of amides is 1. The molecule has 10 heteroatoms. The number of hydrogen-bond donors (Lipinski definition) is 1. The van der Waals surface area contributed by atoms with E-state index in [0.717, 1.165) is 10.6 Å². The summed E-state index contributed by atoms with van der Waals surface area (Å²) in [6.07, 6.45) is 0.991. The number of aryl methyl sites for hydroxylation is 1. The Hall–Kier alpha value is -2.78. The summed E-state index contributed by atoms with van der Waals surface area (Å²) in [5.41, 5.74) is 1.58. The molecule has 0 spiro atoms. The minimum absolute atomic E-state index is 0.210. The molecule has 0 aliphatic rings. The molecule has 0 fully saturated rings. The van der Waals surface area contributed by atoms with E-state index in [9.17, 15) is 18.0 Å². The largest absolute Gasteiger partial charge is 0.495 e. The van der Waals surface area contributed by atoms with Gasteiger partial charge < -0.3 is 14.8 Å². The lowest BCUT2D eigenvalue weighted by Gasteiger charge is -2.22. The summed E-state index contributed by atoms with van der Waals surface area (Å²) in [6, 6.07) is 9.15. The van der Waals surface area contributed by atoms with Gasteiger partial charge in [-0.1, -0.05) is 17.7 Å². The molecule has 2 rings (SSSR count). The number of rotatable bonds is 8. The molecule has 0 aromatic heterocycles. The molecule has 0 atom stereocenters. The molecule has 8 nitrogen and oxygen atoms in total. The van der Waals surface area contributed by atoms with Gasteiger partial charge in [-0.3, -0.25) is 9.10 Å². The third-order valence-corrected chi connectivity index (χ3v) is 5.57. The Balaban J connectivity index is 2.26. The van der Waals surface area contributed by atoms with Crippen molar-refractivity contribution in [2.75, 3.05) is 36.1 Å². The topological polar surface area (TPSA) is 102 Å². The van der Waals surface area contributed by atoms with Crippen LogP contribution in [0.25, 0.3) is 0 Å². The van der Waals surface area contributed by atoms with Crippen molar-refractivity contribution in [2.24, 2.45) is 0 Å². The van der Waals surface area contributed by atoms with Crippen LogP contribution >= 0.6 is 11.6 Å². The molecule has 0 unspecified atom stereocenters. The first kappa shape index (κ1) is 23.5. The summed E-state index contributed by atoms with van der Waals surface area (Å²) >= 11 is 6.09. The Bertz CT molecular complexity index is 1060. The van der Waals surface area contributed by atoms with Gasteiger partial charge in [0.15, 0.2) is 0 Å². The Morgan fingerprint density at radius 3 is 2.43 bits per heavy atom. The summed E-state index contributed by atoms with van der Waals surface area (Å²) < 4.78 is 35.5. The van der Waals surface area contributed by atoms with Crippen LogP contribution in [0.3, 0.4) is 0 Å². The molecular formula is C20H23ClN2O6S. The second-order valence-corrected chi connectivity index (χ2v) is 8.70. The van der Waals surface area contributed by atoms with Gasteiger partial charge in [0.2, 0.25) is 15.9 Å². The number of carbonyl (C=O) groups excluding carboxylic acids is 2.